The number of aromatic nitrogens is 8. The number of nitrogens with zero attached hydrogens (tertiary/aromatic N) is 7. The monoisotopic (exact) mass is 470 g/mol. The van der Waals surface area contributed by atoms with Gasteiger partial charge in [-0.05, 0) is 59.2 Å². The Balaban J connectivity index is 1.63. The van der Waals surface area contributed by atoms with Crippen LogP contribution in [0.1, 0.15) is 42.4 Å². The van der Waals surface area contributed by atoms with E-state index in [2.05, 4.69) is 63.0 Å². The summed E-state index contributed by atoms with van der Waals surface area (Å²) in [5, 5.41) is 20.1. The molecule has 0 unspecified atom stereocenters. The van der Waals surface area contributed by atoms with E-state index >= 15 is 0 Å². The predicted molar refractivity (Wildman–Crippen MR) is 134 cm³/mol. The number of rotatable bonds is 8. The Hall–Kier alpha value is -3.59. The van der Waals surface area contributed by atoms with Crippen LogP contribution in [-0.2, 0) is 12.8 Å². The fourth-order valence-electron chi connectivity index (χ4n) is 4.22. The van der Waals surface area contributed by atoms with E-state index in [1.165, 1.54) is 0 Å². The minimum atomic E-state index is 0.645. The second kappa shape index (κ2) is 9.72. The maximum absolute atomic E-state index is 4.93. The zero-order valence-corrected chi connectivity index (χ0v) is 20.3. The first-order valence-corrected chi connectivity index (χ1v) is 12.6. The number of unbranched alkanes of at least 4 members (excludes halogenated alkanes) is 1. The van der Waals surface area contributed by atoms with Crippen molar-refractivity contribution in [1.82, 2.24) is 40.2 Å². The minimum absolute atomic E-state index is 0.645. The van der Waals surface area contributed by atoms with Gasteiger partial charge in [-0.25, -0.2) is 15.1 Å². The van der Waals surface area contributed by atoms with Crippen LogP contribution < -0.4 is 0 Å². The quantitative estimate of drug-likeness (QED) is 0.321. The summed E-state index contributed by atoms with van der Waals surface area (Å²) in [6.07, 6.45) is 5.82. The first kappa shape index (κ1) is 22.2. The molecule has 0 bridgehead atoms. The Morgan fingerprint density at radius 1 is 1.03 bits per heavy atom. The van der Waals surface area contributed by atoms with Crippen LogP contribution in [0, 0.1) is 6.92 Å². The summed E-state index contributed by atoms with van der Waals surface area (Å²) in [4.78, 5) is 9.76. The average Bonchev–Trinajstić information content (AvgIpc) is 3.56. The normalized spacial score (nSPS) is 11.4. The second-order valence-electron chi connectivity index (χ2n) is 8.19. The molecule has 0 saturated carbocycles. The number of aromatic amines is 1. The van der Waals surface area contributed by atoms with Crippen molar-refractivity contribution in [2.45, 2.75) is 44.7 Å². The van der Waals surface area contributed by atoms with Gasteiger partial charge in [0, 0.05) is 23.2 Å². The van der Waals surface area contributed by atoms with Gasteiger partial charge in [-0.3, -0.25) is 0 Å². The number of hydrogen-bond acceptors (Lipinski definition) is 7. The van der Waals surface area contributed by atoms with Crippen molar-refractivity contribution in [3.63, 3.8) is 0 Å². The number of fused-ring (bicyclic) bond motifs is 1. The second-order valence-corrected chi connectivity index (χ2v) is 8.97. The van der Waals surface area contributed by atoms with Gasteiger partial charge in [-0.15, -0.1) is 10.2 Å². The van der Waals surface area contributed by atoms with Gasteiger partial charge in [-0.1, -0.05) is 67.6 Å². The molecule has 5 aromatic rings. The minimum Gasteiger partial charge on any atom is -0.239 e. The predicted octanol–water partition coefficient (Wildman–Crippen LogP) is 4.94. The van der Waals surface area contributed by atoms with Gasteiger partial charge in [0.15, 0.2) is 11.5 Å². The van der Waals surface area contributed by atoms with Crippen molar-refractivity contribution < 1.29 is 0 Å². The molecule has 0 aliphatic heterocycles. The number of thioether (sulfide) groups is 1. The van der Waals surface area contributed by atoms with Gasteiger partial charge in [0.25, 0.3) is 0 Å². The highest BCUT2D eigenvalue weighted by molar-refractivity contribution is 7.98. The third kappa shape index (κ3) is 4.31. The first-order chi connectivity index (χ1) is 16.7. The maximum atomic E-state index is 4.93. The van der Waals surface area contributed by atoms with Crippen LogP contribution >= 0.6 is 11.8 Å². The molecule has 34 heavy (non-hydrogen) atoms. The molecule has 3 heterocycles. The number of hydrogen-bond donors (Lipinski definition) is 1. The van der Waals surface area contributed by atoms with Crippen LogP contribution in [0.4, 0.5) is 0 Å². The van der Waals surface area contributed by atoms with E-state index in [4.69, 9.17) is 9.97 Å². The molecule has 0 atom stereocenters. The van der Waals surface area contributed by atoms with Crippen molar-refractivity contribution >= 4 is 17.4 Å². The van der Waals surface area contributed by atoms with Gasteiger partial charge < -0.3 is 0 Å². The molecule has 0 saturated heterocycles. The Labute approximate surface area is 202 Å². The summed E-state index contributed by atoms with van der Waals surface area (Å²) < 4.78 is 1.87. The summed E-state index contributed by atoms with van der Waals surface area (Å²) in [5.74, 6) is 1.51. The smallest absolute Gasteiger partial charge is 0.209 e. The summed E-state index contributed by atoms with van der Waals surface area (Å²) in [6, 6.07) is 16.8. The van der Waals surface area contributed by atoms with Crippen molar-refractivity contribution in [2.75, 3.05) is 6.26 Å². The molecular formula is C25H26N8S. The van der Waals surface area contributed by atoms with Crippen LogP contribution in [0.3, 0.4) is 0 Å². The molecule has 172 valence electrons. The highest BCUT2D eigenvalue weighted by Gasteiger charge is 2.18. The van der Waals surface area contributed by atoms with E-state index in [0.29, 0.717) is 12.2 Å². The van der Waals surface area contributed by atoms with E-state index in [1.54, 1.807) is 11.8 Å². The maximum Gasteiger partial charge on any atom is 0.209 e. The molecule has 0 aliphatic carbocycles. The molecule has 0 radical (unpaired) electrons. The highest BCUT2D eigenvalue weighted by atomic mass is 32.2. The van der Waals surface area contributed by atoms with Crippen molar-refractivity contribution in [3.05, 3.63) is 71.2 Å². The third-order valence-corrected chi connectivity index (χ3v) is 6.45. The molecule has 0 amide bonds. The molecular weight excluding hydrogens is 444 g/mol. The number of benzene rings is 2. The summed E-state index contributed by atoms with van der Waals surface area (Å²) in [7, 11) is 0. The van der Waals surface area contributed by atoms with Crippen LogP contribution in [0.15, 0.2) is 53.7 Å². The molecule has 0 spiro atoms. The highest BCUT2D eigenvalue weighted by Crippen LogP contribution is 2.32. The standard InChI is InChI=1S/C25H26N8S/c1-4-5-11-22-21(24-27-25(34-3)30-33(24)16(2)26-22)15-17-12-13-19(18-9-7-6-8-10-18)20(14-17)23-28-31-32-29-23/h6-10,12-14H,4-5,11,15H2,1-3H3,(H,28,29,31,32). The van der Waals surface area contributed by atoms with Gasteiger partial charge >= 0.3 is 0 Å². The zero-order chi connectivity index (χ0) is 23.5. The van der Waals surface area contributed by atoms with E-state index < -0.39 is 0 Å². The number of nitrogens with one attached hydrogen (secondary N) is 1. The number of H-pyrrole nitrogens is 1. The molecule has 9 heteroatoms. The Kier molecular flexibility index (Phi) is 6.35. The molecule has 3 aromatic heterocycles. The summed E-state index contributed by atoms with van der Waals surface area (Å²) in [6.45, 7) is 4.20. The van der Waals surface area contributed by atoms with E-state index in [0.717, 1.165) is 69.4 Å². The van der Waals surface area contributed by atoms with E-state index in [9.17, 15) is 0 Å². The van der Waals surface area contributed by atoms with Crippen LogP contribution in [0.2, 0.25) is 0 Å². The van der Waals surface area contributed by atoms with Gasteiger partial charge in [-0.2, -0.15) is 4.52 Å². The van der Waals surface area contributed by atoms with Crippen LogP contribution in [0.25, 0.3) is 28.2 Å². The average molecular weight is 471 g/mol. The fourth-order valence-corrected chi connectivity index (χ4v) is 4.56. The molecule has 8 nitrogen and oxygen atoms in total. The lowest BCUT2D eigenvalue weighted by molar-refractivity contribution is 0.740. The van der Waals surface area contributed by atoms with E-state index in [-0.39, 0.29) is 0 Å². The van der Waals surface area contributed by atoms with Crippen LogP contribution in [-0.4, -0.2) is 46.5 Å². The number of aryl methyl sites for hydroxylation is 2. The van der Waals surface area contributed by atoms with Crippen molar-refractivity contribution in [2.24, 2.45) is 0 Å². The van der Waals surface area contributed by atoms with Crippen molar-refractivity contribution in [1.29, 1.82) is 0 Å². The van der Waals surface area contributed by atoms with Crippen molar-refractivity contribution in [3.8, 4) is 22.5 Å². The topological polar surface area (TPSA) is 97.5 Å². The Morgan fingerprint density at radius 3 is 2.62 bits per heavy atom. The summed E-state index contributed by atoms with van der Waals surface area (Å²) >= 11 is 1.55. The Bertz CT molecular complexity index is 1410. The van der Waals surface area contributed by atoms with Crippen LogP contribution in [0.5, 0.6) is 0 Å². The first-order valence-electron chi connectivity index (χ1n) is 11.4. The number of tetrazole rings is 1. The lowest BCUT2D eigenvalue weighted by atomic mass is 9.94. The lowest BCUT2D eigenvalue weighted by Crippen LogP contribution is -2.08. The van der Waals surface area contributed by atoms with Gasteiger partial charge in [0.1, 0.15) is 5.82 Å². The Morgan fingerprint density at radius 2 is 1.88 bits per heavy atom. The van der Waals surface area contributed by atoms with Gasteiger partial charge in [0.05, 0.1) is 0 Å². The molecule has 0 aliphatic rings. The molecule has 2 aromatic carbocycles. The van der Waals surface area contributed by atoms with E-state index in [1.807, 2.05) is 35.9 Å². The lowest BCUT2D eigenvalue weighted by Gasteiger charge is -2.14. The molecule has 1 N–H and O–H groups in total. The fraction of sp³-hybridized carbons (Fsp3) is 0.280. The molecule has 0 fully saturated rings. The largest absolute Gasteiger partial charge is 0.239 e. The molecule has 5 rings (SSSR count). The van der Waals surface area contributed by atoms with Gasteiger partial charge in [0.2, 0.25) is 5.16 Å². The zero-order valence-electron chi connectivity index (χ0n) is 19.5. The third-order valence-electron chi connectivity index (χ3n) is 5.91. The summed E-state index contributed by atoms with van der Waals surface area (Å²) in [5.41, 5.74) is 7.41. The SMILES string of the molecule is CCCCc1nc(C)n2nc(SC)nc2c1Cc1ccc(-c2ccccc2)c(-c2nnn[nH]2)c1.